The number of anilines is 1. The van der Waals surface area contributed by atoms with Crippen LogP contribution in [0, 0.1) is 0 Å². The smallest absolute Gasteiger partial charge is 0.219 e. The van der Waals surface area contributed by atoms with E-state index in [1.807, 2.05) is 0 Å². The summed E-state index contributed by atoms with van der Waals surface area (Å²) in [6.07, 6.45) is 6.44. The lowest BCUT2D eigenvalue weighted by molar-refractivity contribution is 0.313. The van der Waals surface area contributed by atoms with E-state index >= 15 is 0 Å². The second-order valence-electron chi connectivity index (χ2n) is 5.79. The van der Waals surface area contributed by atoms with Crippen LogP contribution < -0.4 is 15.0 Å². The molecule has 2 aliphatic heterocycles. The molecule has 4 nitrogen and oxygen atoms in total. The first kappa shape index (κ1) is 13.7. The first-order valence-corrected chi connectivity index (χ1v) is 7.98. The highest BCUT2D eigenvalue weighted by Gasteiger charge is 2.24. The zero-order chi connectivity index (χ0) is 13.8. The Hall–Kier alpha value is -1.29. The quantitative estimate of drug-likeness (QED) is 0.920. The van der Waals surface area contributed by atoms with Crippen LogP contribution in [-0.2, 0) is 6.54 Å². The molecular formula is C16H25N3O. The Balaban J connectivity index is 1.83. The van der Waals surface area contributed by atoms with Crippen LogP contribution in [0.1, 0.15) is 44.6 Å². The Bertz CT molecular complexity index is 447. The zero-order valence-corrected chi connectivity index (χ0v) is 12.4. The number of pyridine rings is 1. The number of aromatic nitrogens is 1. The predicted molar refractivity (Wildman–Crippen MR) is 81.3 cm³/mol. The second-order valence-corrected chi connectivity index (χ2v) is 5.79. The minimum absolute atomic E-state index is 0.656. The fraction of sp³-hybridized carbons (Fsp3) is 0.688. The molecule has 20 heavy (non-hydrogen) atoms. The van der Waals surface area contributed by atoms with E-state index in [-0.39, 0.29) is 0 Å². The van der Waals surface area contributed by atoms with Gasteiger partial charge in [-0.05, 0) is 37.8 Å². The number of fused-ring (bicyclic) bond motifs is 1. The highest BCUT2D eigenvalue weighted by atomic mass is 16.5. The first-order valence-electron chi connectivity index (χ1n) is 7.98. The van der Waals surface area contributed by atoms with E-state index in [9.17, 15) is 0 Å². The third-order valence-electron chi connectivity index (χ3n) is 4.30. The van der Waals surface area contributed by atoms with Gasteiger partial charge >= 0.3 is 0 Å². The normalized spacial score (nSPS) is 22.9. The van der Waals surface area contributed by atoms with Gasteiger partial charge in [0.25, 0.3) is 0 Å². The van der Waals surface area contributed by atoms with Gasteiger partial charge in [0.2, 0.25) is 5.88 Å². The lowest BCUT2D eigenvalue weighted by atomic mass is 9.98. The fourth-order valence-corrected chi connectivity index (χ4v) is 3.26. The second kappa shape index (κ2) is 6.44. The first-order chi connectivity index (χ1) is 9.88. The van der Waals surface area contributed by atoms with E-state index in [0.717, 1.165) is 31.3 Å². The number of ether oxygens (including phenoxy) is 1. The number of nitrogens with one attached hydrogen (secondary N) is 1. The average molecular weight is 275 g/mol. The minimum Gasteiger partial charge on any atom is -0.476 e. The van der Waals surface area contributed by atoms with E-state index in [1.165, 1.54) is 37.7 Å². The number of hydrogen-bond acceptors (Lipinski definition) is 4. The molecule has 1 aromatic heterocycles. The molecule has 4 heteroatoms. The van der Waals surface area contributed by atoms with Gasteiger partial charge in [-0.15, -0.1) is 0 Å². The van der Waals surface area contributed by atoms with Gasteiger partial charge in [0.15, 0.2) is 0 Å². The molecule has 0 radical (unpaired) electrons. The standard InChI is InChI=1S/C16H25N3O/c1-2-5-14-6-3-4-10-19(14)15-8-7-13-12-17-9-11-20-16(13)18-15/h7-8,14,17H,2-6,9-12H2,1H3. The summed E-state index contributed by atoms with van der Waals surface area (Å²) in [5.74, 6) is 1.93. The summed E-state index contributed by atoms with van der Waals surface area (Å²) in [7, 11) is 0. The van der Waals surface area contributed by atoms with Crippen molar-refractivity contribution in [2.24, 2.45) is 0 Å². The maximum absolute atomic E-state index is 5.77. The fourth-order valence-electron chi connectivity index (χ4n) is 3.26. The molecule has 0 aromatic carbocycles. The van der Waals surface area contributed by atoms with E-state index in [4.69, 9.17) is 9.72 Å². The van der Waals surface area contributed by atoms with Crippen molar-refractivity contribution in [3.8, 4) is 5.88 Å². The van der Waals surface area contributed by atoms with Crippen molar-refractivity contribution >= 4 is 5.82 Å². The molecule has 1 N–H and O–H groups in total. The summed E-state index contributed by atoms with van der Waals surface area (Å²) in [4.78, 5) is 7.29. The molecule has 1 atom stereocenters. The Morgan fingerprint density at radius 2 is 2.35 bits per heavy atom. The Morgan fingerprint density at radius 1 is 1.40 bits per heavy atom. The maximum Gasteiger partial charge on any atom is 0.219 e. The molecule has 1 fully saturated rings. The Labute approximate surface area is 121 Å². The van der Waals surface area contributed by atoms with E-state index in [0.29, 0.717) is 12.6 Å². The number of nitrogens with zero attached hydrogens (tertiary/aromatic N) is 2. The monoisotopic (exact) mass is 275 g/mol. The maximum atomic E-state index is 5.77. The molecule has 1 aromatic rings. The third-order valence-corrected chi connectivity index (χ3v) is 4.30. The van der Waals surface area contributed by atoms with Crippen molar-refractivity contribution in [3.05, 3.63) is 17.7 Å². The molecular weight excluding hydrogens is 250 g/mol. The summed E-state index contributed by atoms with van der Waals surface area (Å²) >= 11 is 0. The van der Waals surface area contributed by atoms with E-state index in [1.54, 1.807) is 0 Å². The van der Waals surface area contributed by atoms with Crippen molar-refractivity contribution in [2.45, 2.75) is 51.6 Å². The molecule has 1 unspecified atom stereocenters. The largest absolute Gasteiger partial charge is 0.476 e. The van der Waals surface area contributed by atoms with Gasteiger partial charge < -0.3 is 15.0 Å². The van der Waals surface area contributed by atoms with Crippen molar-refractivity contribution in [1.82, 2.24) is 10.3 Å². The number of piperidine rings is 1. The molecule has 3 heterocycles. The van der Waals surface area contributed by atoms with Gasteiger partial charge in [0.1, 0.15) is 12.4 Å². The molecule has 0 spiro atoms. The van der Waals surface area contributed by atoms with Crippen LogP contribution in [0.4, 0.5) is 5.82 Å². The predicted octanol–water partition coefficient (Wildman–Crippen LogP) is 2.72. The lowest BCUT2D eigenvalue weighted by Gasteiger charge is -2.37. The van der Waals surface area contributed by atoms with Crippen LogP contribution >= 0.6 is 0 Å². The zero-order valence-electron chi connectivity index (χ0n) is 12.4. The van der Waals surface area contributed by atoms with Gasteiger partial charge in [0, 0.05) is 31.2 Å². The van der Waals surface area contributed by atoms with Crippen LogP contribution in [0.2, 0.25) is 0 Å². The van der Waals surface area contributed by atoms with Gasteiger partial charge in [-0.3, -0.25) is 0 Å². The third kappa shape index (κ3) is 2.90. The van der Waals surface area contributed by atoms with Crippen LogP contribution in [0.5, 0.6) is 5.88 Å². The van der Waals surface area contributed by atoms with Crippen molar-refractivity contribution in [1.29, 1.82) is 0 Å². The summed E-state index contributed by atoms with van der Waals surface area (Å²) in [5.41, 5.74) is 1.18. The summed E-state index contributed by atoms with van der Waals surface area (Å²) < 4.78 is 5.77. The molecule has 2 aliphatic rings. The molecule has 0 amide bonds. The Kier molecular flexibility index (Phi) is 4.41. The van der Waals surface area contributed by atoms with Gasteiger partial charge in [0.05, 0.1) is 0 Å². The minimum atomic E-state index is 0.656. The summed E-state index contributed by atoms with van der Waals surface area (Å²) in [6.45, 7) is 5.87. The van der Waals surface area contributed by atoms with Crippen LogP contribution in [-0.4, -0.2) is 30.7 Å². The SMILES string of the molecule is CCCC1CCCCN1c1ccc2c(n1)OCCNC2. The van der Waals surface area contributed by atoms with Crippen LogP contribution in [0.25, 0.3) is 0 Å². The van der Waals surface area contributed by atoms with Crippen LogP contribution in [0.15, 0.2) is 12.1 Å². The molecule has 0 saturated carbocycles. The van der Waals surface area contributed by atoms with E-state index in [2.05, 4.69) is 29.3 Å². The van der Waals surface area contributed by atoms with Crippen molar-refractivity contribution in [2.75, 3.05) is 24.6 Å². The van der Waals surface area contributed by atoms with Crippen LogP contribution in [0.3, 0.4) is 0 Å². The van der Waals surface area contributed by atoms with E-state index < -0.39 is 0 Å². The van der Waals surface area contributed by atoms with Gasteiger partial charge in [-0.2, -0.15) is 4.98 Å². The molecule has 0 aliphatic carbocycles. The highest BCUT2D eigenvalue weighted by molar-refractivity contribution is 5.45. The number of hydrogen-bond donors (Lipinski definition) is 1. The molecule has 1 saturated heterocycles. The van der Waals surface area contributed by atoms with Crippen molar-refractivity contribution in [3.63, 3.8) is 0 Å². The summed E-state index contributed by atoms with van der Waals surface area (Å²) in [5, 5.41) is 3.35. The highest BCUT2D eigenvalue weighted by Crippen LogP contribution is 2.29. The number of rotatable bonds is 3. The van der Waals surface area contributed by atoms with Gasteiger partial charge in [-0.25, -0.2) is 0 Å². The molecule has 0 bridgehead atoms. The lowest BCUT2D eigenvalue weighted by Crippen LogP contribution is -2.40. The van der Waals surface area contributed by atoms with Gasteiger partial charge in [-0.1, -0.05) is 13.3 Å². The average Bonchev–Trinajstić information content (AvgIpc) is 2.72. The molecule has 3 rings (SSSR count). The molecule has 110 valence electrons. The Morgan fingerprint density at radius 3 is 3.25 bits per heavy atom. The summed E-state index contributed by atoms with van der Waals surface area (Å²) in [6, 6.07) is 5.00. The van der Waals surface area contributed by atoms with Crippen molar-refractivity contribution < 1.29 is 4.74 Å². The topological polar surface area (TPSA) is 37.4 Å².